The second-order valence-electron chi connectivity index (χ2n) is 9.32. The second kappa shape index (κ2) is 6.53. The normalized spacial score (nSPS) is 22.1. The van der Waals surface area contributed by atoms with Crippen LogP contribution >= 0.6 is 0 Å². The lowest BCUT2D eigenvalue weighted by Crippen LogP contribution is -2.53. The molecule has 2 aromatic carbocycles. The van der Waals surface area contributed by atoms with Crippen molar-refractivity contribution in [1.29, 1.82) is 0 Å². The van der Waals surface area contributed by atoms with E-state index in [4.69, 9.17) is 0 Å². The minimum Gasteiger partial charge on any atom is -0.479 e. The van der Waals surface area contributed by atoms with Gasteiger partial charge in [-0.3, -0.25) is 14.7 Å². The maximum Gasteiger partial charge on any atom is 0.331 e. The summed E-state index contributed by atoms with van der Waals surface area (Å²) in [6, 6.07) is 12.2. The van der Waals surface area contributed by atoms with Gasteiger partial charge >= 0.3 is 5.97 Å². The Morgan fingerprint density at radius 3 is 2.88 bits per heavy atom. The van der Waals surface area contributed by atoms with E-state index in [-0.39, 0.29) is 11.9 Å². The average Bonchev–Trinajstić information content (AvgIpc) is 3.43. The van der Waals surface area contributed by atoms with Crippen LogP contribution in [0.25, 0.3) is 10.9 Å². The molecule has 3 aliphatic rings. The number of aromatic nitrogens is 1. The number of aromatic amines is 1. The summed E-state index contributed by atoms with van der Waals surface area (Å²) in [5.41, 5.74) is 5.07. The molecule has 0 radical (unpaired) electrons. The quantitative estimate of drug-likeness (QED) is 0.668. The fourth-order valence-corrected chi connectivity index (χ4v) is 5.72. The molecule has 0 unspecified atom stereocenters. The molecule has 162 valence electrons. The number of H-pyrrole nitrogens is 1. The Labute approximate surface area is 185 Å². The number of amides is 1. The van der Waals surface area contributed by atoms with Gasteiger partial charge in [-0.25, -0.2) is 4.79 Å². The van der Waals surface area contributed by atoms with Gasteiger partial charge in [0.25, 0.3) is 0 Å². The highest BCUT2D eigenvalue weighted by atomic mass is 16.4. The Kier molecular flexibility index (Phi) is 3.93. The first-order valence-corrected chi connectivity index (χ1v) is 10.9. The average molecular weight is 428 g/mol. The molecule has 1 fully saturated rings. The van der Waals surface area contributed by atoms with E-state index in [1.165, 1.54) is 0 Å². The number of benzene rings is 2. The monoisotopic (exact) mass is 428 g/mol. The van der Waals surface area contributed by atoms with Crippen LogP contribution in [0, 0.1) is 0 Å². The first-order valence-electron chi connectivity index (χ1n) is 10.9. The van der Waals surface area contributed by atoms with Gasteiger partial charge in [-0.1, -0.05) is 30.3 Å². The van der Waals surface area contributed by atoms with E-state index < -0.39 is 17.7 Å². The molecule has 2 N–H and O–H groups in total. The van der Waals surface area contributed by atoms with Crippen molar-refractivity contribution in [1.82, 2.24) is 14.8 Å². The Morgan fingerprint density at radius 2 is 2.06 bits per heavy atom. The summed E-state index contributed by atoms with van der Waals surface area (Å²) in [4.78, 5) is 37.8. The van der Waals surface area contributed by atoms with Gasteiger partial charge in [-0.15, -0.1) is 0 Å². The predicted octanol–water partition coefficient (Wildman–Crippen LogP) is 3.56. The van der Waals surface area contributed by atoms with Gasteiger partial charge in [0.2, 0.25) is 5.91 Å². The van der Waals surface area contributed by atoms with E-state index in [1.54, 1.807) is 11.0 Å². The number of fused-ring (bicyclic) bond motifs is 5. The largest absolute Gasteiger partial charge is 0.479 e. The van der Waals surface area contributed by atoms with E-state index in [9.17, 15) is 14.7 Å². The van der Waals surface area contributed by atoms with Crippen molar-refractivity contribution in [3.05, 3.63) is 64.8 Å². The van der Waals surface area contributed by atoms with Gasteiger partial charge < -0.3 is 15.0 Å². The molecule has 1 saturated heterocycles. The number of carboxylic acids is 1. The molecule has 0 saturated carbocycles. The van der Waals surface area contributed by atoms with Crippen LogP contribution in [0.3, 0.4) is 0 Å². The van der Waals surface area contributed by atoms with Crippen molar-refractivity contribution >= 4 is 34.7 Å². The number of aliphatic carboxylic acids is 1. The molecule has 0 aliphatic carbocycles. The van der Waals surface area contributed by atoms with Gasteiger partial charge in [0.05, 0.1) is 17.4 Å². The molecule has 1 amide bonds. The third-order valence-electron chi connectivity index (χ3n) is 7.27. The molecule has 32 heavy (non-hydrogen) atoms. The number of aliphatic imine (C=N–C) groups is 1. The third kappa shape index (κ3) is 2.54. The SMILES string of the molecule is CC1(C)N2Cc3[nH]c4ccccc4c3C[C@H]2C(=O)N1[C@H](C(=O)O)c1ccc2c(c1)CC=N2. The number of hydrogen-bond donors (Lipinski definition) is 2. The van der Waals surface area contributed by atoms with E-state index >= 15 is 0 Å². The highest BCUT2D eigenvalue weighted by Gasteiger charge is 2.57. The molecule has 7 heteroatoms. The van der Waals surface area contributed by atoms with Gasteiger partial charge in [0, 0.05) is 35.8 Å². The molecule has 6 rings (SSSR count). The van der Waals surface area contributed by atoms with E-state index in [2.05, 4.69) is 27.0 Å². The van der Waals surface area contributed by atoms with Gasteiger partial charge in [0.15, 0.2) is 6.04 Å². The summed E-state index contributed by atoms with van der Waals surface area (Å²) in [7, 11) is 0. The smallest absolute Gasteiger partial charge is 0.331 e. The lowest BCUT2D eigenvalue weighted by molar-refractivity contribution is -0.153. The topological polar surface area (TPSA) is 89.0 Å². The number of hydrogen-bond acceptors (Lipinski definition) is 4. The number of carbonyl (C=O) groups is 2. The minimum atomic E-state index is -1.05. The molecule has 2 atom stereocenters. The van der Waals surface area contributed by atoms with Crippen molar-refractivity contribution < 1.29 is 14.7 Å². The van der Waals surface area contributed by atoms with Crippen LogP contribution in [-0.4, -0.2) is 49.7 Å². The molecule has 0 bridgehead atoms. The molecule has 7 nitrogen and oxygen atoms in total. The molecule has 0 spiro atoms. The standard InChI is InChI=1S/C25H24N4O3/c1-25(2)28-13-20-17(16-5-3-4-6-19(16)27-20)12-21(28)23(30)29(25)22(24(31)32)15-7-8-18-14(11-15)9-10-26-18/h3-8,10-11,21-22,27H,9,12-13H2,1-2H3,(H,31,32)/t21-,22-/m0/s1. The highest BCUT2D eigenvalue weighted by molar-refractivity contribution is 5.93. The van der Waals surface area contributed by atoms with Crippen molar-refractivity contribution in [2.45, 2.75) is 51.0 Å². The van der Waals surface area contributed by atoms with Crippen molar-refractivity contribution in [2.75, 3.05) is 0 Å². The Hall–Kier alpha value is -3.45. The zero-order valence-electron chi connectivity index (χ0n) is 18.0. The summed E-state index contributed by atoms with van der Waals surface area (Å²) >= 11 is 0. The van der Waals surface area contributed by atoms with E-state index in [0.29, 0.717) is 24.9 Å². The predicted molar refractivity (Wildman–Crippen MR) is 121 cm³/mol. The van der Waals surface area contributed by atoms with Crippen LogP contribution in [0.5, 0.6) is 0 Å². The fraction of sp³-hybridized carbons (Fsp3) is 0.320. The van der Waals surface area contributed by atoms with Crippen molar-refractivity contribution in [3.8, 4) is 0 Å². The molecule has 4 heterocycles. The lowest BCUT2D eigenvalue weighted by atomic mass is 9.96. The summed E-state index contributed by atoms with van der Waals surface area (Å²) in [6.45, 7) is 4.48. The number of para-hydroxylation sites is 1. The van der Waals surface area contributed by atoms with Gasteiger partial charge in [0.1, 0.15) is 0 Å². The van der Waals surface area contributed by atoms with Crippen LogP contribution in [-0.2, 0) is 29.0 Å². The maximum atomic E-state index is 13.8. The van der Waals surface area contributed by atoms with Crippen LogP contribution in [0.1, 0.15) is 42.3 Å². The van der Waals surface area contributed by atoms with Crippen LogP contribution < -0.4 is 0 Å². The number of nitrogens with one attached hydrogen (secondary N) is 1. The second-order valence-corrected chi connectivity index (χ2v) is 9.32. The maximum absolute atomic E-state index is 13.8. The summed E-state index contributed by atoms with van der Waals surface area (Å²) < 4.78 is 0. The summed E-state index contributed by atoms with van der Waals surface area (Å²) in [5.74, 6) is -1.15. The van der Waals surface area contributed by atoms with Crippen molar-refractivity contribution in [3.63, 3.8) is 0 Å². The number of rotatable bonds is 3. The first-order chi connectivity index (χ1) is 15.4. The third-order valence-corrected chi connectivity index (χ3v) is 7.27. The van der Waals surface area contributed by atoms with Crippen molar-refractivity contribution in [2.24, 2.45) is 4.99 Å². The van der Waals surface area contributed by atoms with E-state index in [0.717, 1.165) is 33.4 Å². The molecule has 1 aromatic heterocycles. The van der Waals surface area contributed by atoms with E-state index in [1.807, 2.05) is 44.3 Å². The Bertz CT molecular complexity index is 1320. The summed E-state index contributed by atoms with van der Waals surface area (Å²) in [5, 5.41) is 11.4. The summed E-state index contributed by atoms with van der Waals surface area (Å²) in [6.07, 6.45) is 3.08. The molecular weight excluding hydrogens is 404 g/mol. The minimum absolute atomic E-state index is 0.130. The van der Waals surface area contributed by atoms with Gasteiger partial charge in [-0.05, 0) is 49.1 Å². The zero-order valence-corrected chi connectivity index (χ0v) is 18.0. The van der Waals surface area contributed by atoms with Crippen LogP contribution in [0.4, 0.5) is 5.69 Å². The first kappa shape index (κ1) is 19.3. The zero-order chi connectivity index (χ0) is 22.2. The molecule has 3 aliphatic heterocycles. The van der Waals surface area contributed by atoms with Crippen LogP contribution in [0.15, 0.2) is 47.5 Å². The number of carbonyl (C=O) groups excluding carboxylic acids is 1. The number of carboxylic acid groups (broad SMARTS) is 1. The fourth-order valence-electron chi connectivity index (χ4n) is 5.72. The van der Waals surface area contributed by atoms with Crippen LogP contribution in [0.2, 0.25) is 0 Å². The number of nitrogens with zero attached hydrogens (tertiary/aromatic N) is 3. The Balaban J connectivity index is 1.41. The Morgan fingerprint density at radius 1 is 1.25 bits per heavy atom. The molecule has 3 aromatic rings. The molecular formula is C25H24N4O3. The van der Waals surface area contributed by atoms with Gasteiger partial charge in [-0.2, -0.15) is 0 Å². The highest BCUT2D eigenvalue weighted by Crippen LogP contribution is 2.44. The lowest BCUT2D eigenvalue weighted by Gasteiger charge is -2.42.